The molecule has 7 heteroatoms. The number of rotatable bonds is 5. The van der Waals surface area contributed by atoms with Gasteiger partial charge < -0.3 is 20.1 Å². The SMILES string of the molecule is CCNC(=NCCc1nc2ccccc2[nH]1)N1CCN(c2ccccc2)CC1.I. The Morgan fingerprint density at radius 3 is 2.48 bits per heavy atom. The van der Waals surface area contributed by atoms with Gasteiger partial charge in [-0.15, -0.1) is 24.0 Å². The molecule has 2 aromatic carbocycles. The number of aromatic amines is 1. The highest BCUT2D eigenvalue weighted by atomic mass is 127. The van der Waals surface area contributed by atoms with E-state index in [1.165, 1.54) is 5.69 Å². The summed E-state index contributed by atoms with van der Waals surface area (Å²) in [6.07, 6.45) is 0.813. The summed E-state index contributed by atoms with van der Waals surface area (Å²) in [5.41, 5.74) is 3.41. The highest BCUT2D eigenvalue weighted by Crippen LogP contribution is 2.15. The first kappa shape index (κ1) is 21.4. The fraction of sp³-hybridized carbons (Fsp3) is 0.364. The molecule has 0 amide bonds. The minimum atomic E-state index is 0. The molecule has 29 heavy (non-hydrogen) atoms. The van der Waals surface area contributed by atoms with Crippen molar-refractivity contribution < 1.29 is 0 Å². The van der Waals surface area contributed by atoms with E-state index in [4.69, 9.17) is 4.99 Å². The Kier molecular flexibility index (Phi) is 7.74. The lowest BCUT2D eigenvalue weighted by Crippen LogP contribution is -2.52. The van der Waals surface area contributed by atoms with Gasteiger partial charge in [0.2, 0.25) is 0 Å². The number of hydrogen-bond donors (Lipinski definition) is 2. The molecule has 0 aliphatic carbocycles. The standard InChI is InChI=1S/C22H28N6.HI/c1-2-23-22(24-13-12-21-25-19-10-6-7-11-20(19)26-21)28-16-14-27(15-17-28)18-8-4-3-5-9-18;/h3-11H,2,12-17H2,1H3,(H,23,24)(H,25,26);1H. The molecule has 0 unspecified atom stereocenters. The van der Waals surface area contributed by atoms with E-state index < -0.39 is 0 Å². The lowest BCUT2D eigenvalue weighted by Gasteiger charge is -2.37. The number of imidazole rings is 1. The molecular weight excluding hydrogens is 475 g/mol. The Labute approximate surface area is 189 Å². The molecule has 0 radical (unpaired) electrons. The molecule has 6 nitrogen and oxygen atoms in total. The minimum Gasteiger partial charge on any atom is -0.368 e. The first-order chi connectivity index (χ1) is 13.8. The van der Waals surface area contributed by atoms with Crippen LogP contribution in [0.15, 0.2) is 59.6 Å². The fourth-order valence-corrected chi connectivity index (χ4v) is 3.63. The molecule has 0 saturated carbocycles. The molecule has 1 aromatic heterocycles. The van der Waals surface area contributed by atoms with Crippen LogP contribution in [0.25, 0.3) is 11.0 Å². The maximum absolute atomic E-state index is 4.85. The van der Waals surface area contributed by atoms with Gasteiger partial charge in [-0.05, 0) is 31.2 Å². The van der Waals surface area contributed by atoms with E-state index in [1.54, 1.807) is 0 Å². The zero-order valence-corrected chi connectivity index (χ0v) is 19.2. The van der Waals surface area contributed by atoms with Gasteiger partial charge in [-0.1, -0.05) is 30.3 Å². The lowest BCUT2D eigenvalue weighted by atomic mass is 10.2. The van der Waals surface area contributed by atoms with Crippen LogP contribution in [-0.4, -0.2) is 60.1 Å². The number of H-pyrrole nitrogens is 1. The van der Waals surface area contributed by atoms with Gasteiger partial charge >= 0.3 is 0 Å². The molecule has 1 aliphatic rings. The summed E-state index contributed by atoms with van der Waals surface area (Å²) in [4.78, 5) is 17.7. The predicted octanol–water partition coefficient (Wildman–Crippen LogP) is 3.51. The van der Waals surface area contributed by atoms with E-state index in [0.29, 0.717) is 0 Å². The third-order valence-electron chi connectivity index (χ3n) is 5.08. The van der Waals surface area contributed by atoms with Gasteiger partial charge in [-0.25, -0.2) is 4.98 Å². The summed E-state index contributed by atoms with van der Waals surface area (Å²) in [5.74, 6) is 2.00. The van der Waals surface area contributed by atoms with Crippen molar-refractivity contribution in [3.63, 3.8) is 0 Å². The van der Waals surface area contributed by atoms with Gasteiger partial charge in [0.05, 0.1) is 11.0 Å². The van der Waals surface area contributed by atoms with Gasteiger partial charge in [0.25, 0.3) is 0 Å². The van der Waals surface area contributed by atoms with Gasteiger partial charge in [0.1, 0.15) is 5.82 Å². The molecule has 0 bridgehead atoms. The van der Waals surface area contributed by atoms with E-state index in [1.807, 2.05) is 18.2 Å². The Hall–Kier alpha value is -2.29. The van der Waals surface area contributed by atoms with Crippen molar-refractivity contribution in [2.24, 2.45) is 4.99 Å². The van der Waals surface area contributed by atoms with Gasteiger partial charge in [-0.2, -0.15) is 0 Å². The van der Waals surface area contributed by atoms with Crippen molar-refractivity contribution in [3.8, 4) is 0 Å². The normalized spacial score (nSPS) is 14.7. The average molecular weight is 504 g/mol. The number of nitrogens with one attached hydrogen (secondary N) is 2. The summed E-state index contributed by atoms with van der Waals surface area (Å²) in [6.45, 7) is 7.70. The number of anilines is 1. The minimum absolute atomic E-state index is 0. The van der Waals surface area contributed by atoms with Crippen LogP contribution in [0.3, 0.4) is 0 Å². The molecule has 0 atom stereocenters. The molecule has 4 rings (SSSR count). The van der Waals surface area contributed by atoms with Crippen molar-refractivity contribution in [2.75, 3.05) is 44.2 Å². The van der Waals surface area contributed by atoms with Crippen LogP contribution in [0.4, 0.5) is 5.69 Å². The quantitative estimate of drug-likeness (QED) is 0.317. The molecule has 3 aromatic rings. The Bertz CT molecular complexity index is 882. The van der Waals surface area contributed by atoms with Crippen LogP contribution >= 0.6 is 24.0 Å². The molecule has 0 spiro atoms. The molecule has 1 saturated heterocycles. The van der Waals surface area contributed by atoms with E-state index in [0.717, 1.165) is 68.5 Å². The fourth-order valence-electron chi connectivity index (χ4n) is 3.63. The number of piperazine rings is 1. The molecular formula is C22H29IN6. The number of aromatic nitrogens is 2. The monoisotopic (exact) mass is 504 g/mol. The average Bonchev–Trinajstić information content (AvgIpc) is 3.17. The maximum atomic E-state index is 4.85. The topological polar surface area (TPSA) is 59.6 Å². The molecule has 1 aliphatic heterocycles. The zero-order valence-electron chi connectivity index (χ0n) is 16.8. The zero-order chi connectivity index (χ0) is 19.2. The third kappa shape index (κ3) is 5.41. The van der Waals surface area contributed by atoms with Crippen LogP contribution in [0.5, 0.6) is 0 Å². The number of halogens is 1. The third-order valence-corrected chi connectivity index (χ3v) is 5.08. The molecule has 2 N–H and O–H groups in total. The summed E-state index contributed by atoms with van der Waals surface area (Å²) in [6, 6.07) is 18.8. The van der Waals surface area contributed by atoms with Crippen molar-refractivity contribution in [1.29, 1.82) is 0 Å². The van der Waals surface area contributed by atoms with Crippen molar-refractivity contribution in [3.05, 3.63) is 60.4 Å². The Morgan fingerprint density at radius 2 is 1.76 bits per heavy atom. The number of hydrogen-bond acceptors (Lipinski definition) is 3. The second-order valence-corrected chi connectivity index (χ2v) is 7.00. The number of aliphatic imine (C=N–C) groups is 1. The number of fused-ring (bicyclic) bond motifs is 1. The number of nitrogens with zero attached hydrogens (tertiary/aromatic N) is 4. The summed E-state index contributed by atoms with van der Waals surface area (Å²) < 4.78 is 0. The van der Waals surface area contributed by atoms with Gasteiger partial charge in [0, 0.05) is 51.4 Å². The Balaban J connectivity index is 0.00000240. The highest BCUT2D eigenvalue weighted by molar-refractivity contribution is 14.0. The Morgan fingerprint density at radius 1 is 1.03 bits per heavy atom. The highest BCUT2D eigenvalue weighted by Gasteiger charge is 2.19. The maximum Gasteiger partial charge on any atom is 0.194 e. The number of guanidine groups is 1. The van der Waals surface area contributed by atoms with Crippen LogP contribution in [-0.2, 0) is 6.42 Å². The van der Waals surface area contributed by atoms with Crippen molar-refractivity contribution in [2.45, 2.75) is 13.3 Å². The largest absolute Gasteiger partial charge is 0.368 e. The number of benzene rings is 2. The summed E-state index contributed by atoms with van der Waals surface area (Å²) >= 11 is 0. The van der Waals surface area contributed by atoms with Crippen LogP contribution in [0.1, 0.15) is 12.7 Å². The van der Waals surface area contributed by atoms with Crippen LogP contribution < -0.4 is 10.2 Å². The summed E-state index contributed by atoms with van der Waals surface area (Å²) in [5, 5.41) is 3.45. The summed E-state index contributed by atoms with van der Waals surface area (Å²) in [7, 11) is 0. The van der Waals surface area contributed by atoms with E-state index in [2.05, 4.69) is 68.4 Å². The van der Waals surface area contributed by atoms with Gasteiger partial charge in [-0.3, -0.25) is 4.99 Å². The van der Waals surface area contributed by atoms with E-state index >= 15 is 0 Å². The smallest absolute Gasteiger partial charge is 0.194 e. The van der Waals surface area contributed by atoms with Gasteiger partial charge in [0.15, 0.2) is 5.96 Å². The number of para-hydroxylation sites is 3. The first-order valence-electron chi connectivity index (χ1n) is 10.1. The predicted molar refractivity (Wildman–Crippen MR) is 131 cm³/mol. The second-order valence-electron chi connectivity index (χ2n) is 7.00. The second kappa shape index (κ2) is 10.5. The molecule has 1 fully saturated rings. The first-order valence-corrected chi connectivity index (χ1v) is 10.1. The molecule has 154 valence electrons. The van der Waals surface area contributed by atoms with Crippen LogP contribution in [0.2, 0.25) is 0 Å². The van der Waals surface area contributed by atoms with Crippen LogP contribution in [0, 0.1) is 0 Å². The lowest BCUT2D eigenvalue weighted by molar-refractivity contribution is 0.372. The van der Waals surface area contributed by atoms with E-state index in [9.17, 15) is 0 Å². The molecule has 2 heterocycles. The van der Waals surface area contributed by atoms with Crippen molar-refractivity contribution in [1.82, 2.24) is 20.2 Å². The van der Waals surface area contributed by atoms with E-state index in [-0.39, 0.29) is 24.0 Å². The van der Waals surface area contributed by atoms with Crippen molar-refractivity contribution >= 4 is 46.7 Å².